The number of aryl methyl sites for hydroxylation is 1. The smallest absolute Gasteiger partial charge is 0.296 e. The molecule has 0 spiro atoms. The average Bonchev–Trinajstić information content (AvgIpc) is 2.34. The van der Waals surface area contributed by atoms with Crippen LogP contribution in [0.3, 0.4) is 0 Å². The van der Waals surface area contributed by atoms with Crippen molar-refractivity contribution in [1.29, 1.82) is 0 Å². The Morgan fingerprint density at radius 2 is 2.00 bits per heavy atom. The molecule has 0 aromatic carbocycles. The first-order chi connectivity index (χ1) is 8.20. The molecule has 17 heavy (non-hydrogen) atoms. The number of aromatic amines is 1. The molecule has 0 aliphatic carbocycles. The van der Waals surface area contributed by atoms with E-state index in [1.54, 1.807) is 18.6 Å². The topological polar surface area (TPSA) is 67.8 Å². The van der Waals surface area contributed by atoms with E-state index in [4.69, 9.17) is 0 Å². The van der Waals surface area contributed by atoms with Gasteiger partial charge in [0.15, 0.2) is 0 Å². The Bertz CT molecular complexity index is 614. The van der Waals surface area contributed by atoms with E-state index in [1.807, 2.05) is 19.1 Å². The lowest BCUT2D eigenvalue weighted by molar-refractivity contribution is 0.707. The average molecular weight is 231 g/mol. The third kappa shape index (κ3) is 2.50. The molecule has 2 aromatic rings. The zero-order valence-electron chi connectivity index (χ0n) is 9.51. The maximum absolute atomic E-state index is 11.6. The number of rotatable bonds is 3. The summed E-state index contributed by atoms with van der Waals surface area (Å²) in [6.45, 7) is 2.32. The molecule has 5 nitrogen and oxygen atoms in total. The molecule has 0 fully saturated rings. The van der Waals surface area contributed by atoms with Crippen LogP contribution in [0.5, 0.6) is 0 Å². The minimum Gasteiger partial charge on any atom is -0.296 e. The number of hydrogen-bond donors (Lipinski definition) is 1. The van der Waals surface area contributed by atoms with Gasteiger partial charge in [-0.3, -0.25) is 19.3 Å². The lowest BCUT2D eigenvalue weighted by atomic mass is 10.2. The predicted octanol–water partition coefficient (Wildman–Crippen LogP) is 0.542. The Morgan fingerprint density at radius 1 is 1.29 bits per heavy atom. The molecule has 0 aliphatic rings. The highest BCUT2D eigenvalue weighted by molar-refractivity contribution is 5.12. The summed E-state index contributed by atoms with van der Waals surface area (Å²) >= 11 is 0. The molecule has 1 N–H and O–H groups in total. The minimum atomic E-state index is -0.385. The number of aromatic nitrogens is 3. The van der Waals surface area contributed by atoms with Crippen LogP contribution in [0.15, 0.2) is 40.3 Å². The van der Waals surface area contributed by atoms with Crippen LogP contribution in [0.2, 0.25) is 0 Å². The summed E-state index contributed by atoms with van der Waals surface area (Å²) in [4.78, 5) is 29.2. The van der Waals surface area contributed by atoms with Crippen molar-refractivity contribution < 1.29 is 0 Å². The van der Waals surface area contributed by atoms with E-state index in [2.05, 4.69) is 9.97 Å². The summed E-state index contributed by atoms with van der Waals surface area (Å²) in [5.41, 5.74) is 0.891. The molecule has 88 valence electrons. The summed E-state index contributed by atoms with van der Waals surface area (Å²) in [7, 11) is 0. The summed E-state index contributed by atoms with van der Waals surface area (Å²) in [6, 6.07) is 3.67. The van der Waals surface area contributed by atoms with Crippen molar-refractivity contribution in [3.05, 3.63) is 62.7 Å². The summed E-state index contributed by atoms with van der Waals surface area (Å²) in [6.07, 6.45) is 5.56. The Balaban J connectivity index is 2.40. The molecule has 0 saturated heterocycles. The maximum Gasteiger partial charge on any atom is 0.328 e. The van der Waals surface area contributed by atoms with E-state index in [9.17, 15) is 9.59 Å². The Kier molecular flexibility index (Phi) is 3.18. The molecule has 2 rings (SSSR count). The minimum absolute atomic E-state index is 0.302. The van der Waals surface area contributed by atoms with Crippen LogP contribution in [0.25, 0.3) is 0 Å². The van der Waals surface area contributed by atoms with Gasteiger partial charge in [0.05, 0.1) is 6.54 Å². The van der Waals surface area contributed by atoms with Crippen LogP contribution in [0.4, 0.5) is 0 Å². The van der Waals surface area contributed by atoms with Gasteiger partial charge in [0, 0.05) is 24.2 Å². The lowest BCUT2D eigenvalue weighted by Gasteiger charge is -2.06. The van der Waals surface area contributed by atoms with Crippen molar-refractivity contribution >= 4 is 0 Å². The monoisotopic (exact) mass is 231 g/mol. The van der Waals surface area contributed by atoms with Gasteiger partial charge >= 0.3 is 5.69 Å². The molecule has 2 heterocycles. The highest BCUT2D eigenvalue weighted by Gasteiger charge is 2.03. The van der Waals surface area contributed by atoms with Gasteiger partial charge in [-0.1, -0.05) is 6.92 Å². The van der Waals surface area contributed by atoms with Crippen molar-refractivity contribution in [2.24, 2.45) is 0 Å². The molecule has 0 atom stereocenters. The SMILES string of the molecule is CCc1cn(Cc2ccncc2)c(=O)[nH]c1=O. The first kappa shape index (κ1) is 11.3. The molecule has 2 aromatic heterocycles. The highest BCUT2D eigenvalue weighted by Crippen LogP contribution is 1.99. The largest absolute Gasteiger partial charge is 0.328 e. The summed E-state index contributed by atoms with van der Waals surface area (Å²) in [5, 5.41) is 0. The van der Waals surface area contributed by atoms with E-state index >= 15 is 0 Å². The van der Waals surface area contributed by atoms with Crippen molar-refractivity contribution in [2.75, 3.05) is 0 Å². The van der Waals surface area contributed by atoms with Crippen LogP contribution in [-0.4, -0.2) is 14.5 Å². The second-order valence-corrected chi connectivity index (χ2v) is 3.75. The van der Waals surface area contributed by atoms with Crippen LogP contribution >= 0.6 is 0 Å². The molecule has 0 bridgehead atoms. The first-order valence-electron chi connectivity index (χ1n) is 5.42. The van der Waals surface area contributed by atoms with Gasteiger partial charge in [0.25, 0.3) is 5.56 Å². The van der Waals surface area contributed by atoms with E-state index in [1.165, 1.54) is 4.57 Å². The molecule has 0 unspecified atom stereocenters. The fourth-order valence-corrected chi connectivity index (χ4v) is 1.61. The fraction of sp³-hybridized carbons (Fsp3) is 0.250. The number of nitrogens with one attached hydrogen (secondary N) is 1. The van der Waals surface area contributed by atoms with Gasteiger partial charge in [0.2, 0.25) is 0 Å². The van der Waals surface area contributed by atoms with E-state index in [0.29, 0.717) is 18.5 Å². The molecule has 0 radical (unpaired) electrons. The van der Waals surface area contributed by atoms with Gasteiger partial charge < -0.3 is 0 Å². The molecular formula is C12H13N3O2. The number of pyridine rings is 1. The second-order valence-electron chi connectivity index (χ2n) is 3.75. The number of hydrogen-bond acceptors (Lipinski definition) is 3. The highest BCUT2D eigenvalue weighted by atomic mass is 16.2. The van der Waals surface area contributed by atoms with Gasteiger partial charge in [0.1, 0.15) is 0 Å². The van der Waals surface area contributed by atoms with Gasteiger partial charge in [-0.2, -0.15) is 0 Å². The molecule has 5 heteroatoms. The van der Waals surface area contributed by atoms with Crippen LogP contribution in [0, 0.1) is 0 Å². The van der Waals surface area contributed by atoms with E-state index < -0.39 is 0 Å². The van der Waals surface area contributed by atoms with Gasteiger partial charge in [-0.05, 0) is 24.1 Å². The number of nitrogens with zero attached hydrogens (tertiary/aromatic N) is 2. The van der Waals surface area contributed by atoms with E-state index in [0.717, 1.165) is 5.56 Å². The van der Waals surface area contributed by atoms with Crippen molar-refractivity contribution in [3.63, 3.8) is 0 Å². The maximum atomic E-state index is 11.6. The molecule has 0 aliphatic heterocycles. The predicted molar refractivity (Wildman–Crippen MR) is 64.0 cm³/mol. The molecule has 0 saturated carbocycles. The Hall–Kier alpha value is -2.17. The van der Waals surface area contributed by atoms with Gasteiger partial charge in [-0.15, -0.1) is 0 Å². The third-order valence-electron chi connectivity index (χ3n) is 2.57. The molecular weight excluding hydrogens is 218 g/mol. The van der Waals surface area contributed by atoms with Crippen LogP contribution in [0.1, 0.15) is 18.1 Å². The van der Waals surface area contributed by atoms with Gasteiger partial charge in [-0.25, -0.2) is 4.79 Å². The summed E-state index contributed by atoms with van der Waals surface area (Å²) in [5.74, 6) is 0. The zero-order valence-corrected chi connectivity index (χ0v) is 9.51. The standard InChI is InChI=1S/C12H13N3O2/c1-2-10-8-15(12(17)14-11(10)16)7-9-3-5-13-6-4-9/h3-6,8H,2,7H2,1H3,(H,14,16,17). The molecule has 0 amide bonds. The normalized spacial score (nSPS) is 10.4. The fourth-order valence-electron chi connectivity index (χ4n) is 1.61. The van der Waals surface area contributed by atoms with E-state index in [-0.39, 0.29) is 11.2 Å². The van der Waals surface area contributed by atoms with Crippen LogP contribution < -0.4 is 11.2 Å². The lowest BCUT2D eigenvalue weighted by Crippen LogP contribution is -2.31. The second kappa shape index (κ2) is 4.78. The third-order valence-corrected chi connectivity index (χ3v) is 2.57. The van der Waals surface area contributed by atoms with Crippen molar-refractivity contribution in [2.45, 2.75) is 19.9 Å². The van der Waals surface area contributed by atoms with Crippen molar-refractivity contribution in [3.8, 4) is 0 Å². The quantitative estimate of drug-likeness (QED) is 0.838. The number of H-pyrrole nitrogens is 1. The Morgan fingerprint density at radius 3 is 2.65 bits per heavy atom. The Labute approximate surface area is 97.8 Å². The first-order valence-corrected chi connectivity index (χ1v) is 5.42. The zero-order chi connectivity index (χ0) is 12.3. The van der Waals surface area contributed by atoms with Crippen LogP contribution in [-0.2, 0) is 13.0 Å². The van der Waals surface area contributed by atoms with Crippen molar-refractivity contribution in [1.82, 2.24) is 14.5 Å². The summed E-state index contributed by atoms with van der Waals surface area (Å²) < 4.78 is 1.50.